The highest BCUT2D eigenvalue weighted by Crippen LogP contribution is 2.31. The lowest BCUT2D eigenvalue weighted by molar-refractivity contribution is -0.137. The highest BCUT2D eigenvalue weighted by atomic mass is 35.5. The van der Waals surface area contributed by atoms with Gasteiger partial charge in [0.1, 0.15) is 10.7 Å². The number of alkyl halides is 3. The van der Waals surface area contributed by atoms with Crippen LogP contribution in [0, 0.1) is 0 Å². The maximum absolute atomic E-state index is 13.0. The molecule has 0 spiro atoms. The Labute approximate surface area is 199 Å². The summed E-state index contributed by atoms with van der Waals surface area (Å²) in [5.41, 5.74) is 0.627. The van der Waals surface area contributed by atoms with Crippen molar-refractivity contribution in [2.24, 2.45) is 0 Å². The highest BCUT2D eigenvalue weighted by Gasteiger charge is 2.30. The molecular formula is C25H21ClF3N3O2. The lowest BCUT2D eigenvalue weighted by Crippen LogP contribution is -2.25. The highest BCUT2D eigenvalue weighted by molar-refractivity contribution is 6.30. The Morgan fingerprint density at radius 1 is 0.941 bits per heavy atom. The Morgan fingerprint density at radius 3 is 2.12 bits per heavy atom. The van der Waals surface area contributed by atoms with Gasteiger partial charge < -0.3 is 10.6 Å². The molecule has 0 bridgehead atoms. The van der Waals surface area contributed by atoms with Crippen LogP contribution in [0.5, 0.6) is 0 Å². The van der Waals surface area contributed by atoms with E-state index in [4.69, 9.17) is 11.6 Å². The lowest BCUT2D eigenvalue weighted by Gasteiger charge is -2.12. The van der Waals surface area contributed by atoms with Crippen LogP contribution < -0.4 is 10.6 Å². The molecule has 0 aliphatic heterocycles. The minimum Gasteiger partial charge on any atom is -0.322 e. The molecule has 5 nitrogen and oxygen atoms in total. The maximum Gasteiger partial charge on any atom is 0.416 e. The molecule has 9 heteroatoms. The third-order valence-electron chi connectivity index (χ3n) is 4.84. The largest absolute Gasteiger partial charge is 0.416 e. The van der Waals surface area contributed by atoms with Crippen molar-refractivity contribution < 1.29 is 22.8 Å². The summed E-state index contributed by atoms with van der Waals surface area (Å²) in [7, 11) is 0. The predicted molar refractivity (Wildman–Crippen MR) is 126 cm³/mol. The molecule has 3 aromatic rings. The number of carbonyl (C=O) groups is 2. The Hall–Kier alpha value is -3.65. The van der Waals surface area contributed by atoms with Crippen LogP contribution in [-0.2, 0) is 15.8 Å². The topological polar surface area (TPSA) is 71.1 Å². The van der Waals surface area contributed by atoms with Crippen LogP contribution in [0.15, 0.2) is 72.4 Å². The zero-order valence-corrected chi connectivity index (χ0v) is 19.0. The van der Waals surface area contributed by atoms with Gasteiger partial charge in [-0.3, -0.25) is 9.59 Å². The number of aromatic nitrogens is 1. The molecule has 0 atom stereocenters. The van der Waals surface area contributed by atoms with Gasteiger partial charge in [0.25, 0.3) is 11.8 Å². The monoisotopic (exact) mass is 487 g/mol. The Kier molecular flexibility index (Phi) is 7.73. The van der Waals surface area contributed by atoms with Gasteiger partial charge >= 0.3 is 6.18 Å². The molecule has 0 radical (unpaired) electrons. The van der Waals surface area contributed by atoms with Crippen LogP contribution in [-0.4, -0.2) is 16.8 Å². The summed E-state index contributed by atoms with van der Waals surface area (Å²) < 4.78 is 39.1. The van der Waals surface area contributed by atoms with Gasteiger partial charge in [-0.1, -0.05) is 55.8 Å². The number of benzene rings is 2. The van der Waals surface area contributed by atoms with E-state index in [-0.39, 0.29) is 16.4 Å². The molecule has 3 rings (SSSR count). The summed E-state index contributed by atoms with van der Waals surface area (Å²) >= 11 is 5.85. The fraction of sp³-hybridized carbons (Fsp3) is 0.160. The van der Waals surface area contributed by atoms with Gasteiger partial charge in [0.2, 0.25) is 0 Å². The molecule has 0 saturated heterocycles. The van der Waals surface area contributed by atoms with Crippen LogP contribution in [0.25, 0.3) is 6.08 Å². The first kappa shape index (κ1) is 25.0. The molecule has 176 valence electrons. The van der Waals surface area contributed by atoms with Gasteiger partial charge in [0.15, 0.2) is 0 Å². The molecule has 2 amide bonds. The van der Waals surface area contributed by atoms with Crippen molar-refractivity contribution in [1.29, 1.82) is 0 Å². The van der Waals surface area contributed by atoms with E-state index in [0.717, 1.165) is 17.7 Å². The van der Waals surface area contributed by atoms with Crippen LogP contribution in [0.3, 0.4) is 0 Å². The third kappa shape index (κ3) is 6.68. The number of halogens is 4. The SMILES string of the molecule is CC(C)c1ccc(/C=C(/C(=O)Nc2cccc(C(F)(F)F)c2)C(=O)Nc2ccnc(Cl)c2)cc1. The smallest absolute Gasteiger partial charge is 0.322 e. The molecule has 2 aromatic carbocycles. The van der Waals surface area contributed by atoms with Gasteiger partial charge in [-0.25, -0.2) is 4.98 Å². The molecule has 0 aliphatic rings. The predicted octanol–water partition coefficient (Wildman–Crippen LogP) is 6.54. The first-order valence-electron chi connectivity index (χ1n) is 10.3. The number of pyridine rings is 1. The lowest BCUT2D eigenvalue weighted by atomic mass is 10.0. The number of nitrogens with zero attached hydrogens (tertiary/aromatic N) is 1. The average Bonchev–Trinajstić information content (AvgIpc) is 2.77. The van der Waals surface area contributed by atoms with Crippen molar-refractivity contribution in [3.63, 3.8) is 0 Å². The van der Waals surface area contributed by atoms with Crippen molar-refractivity contribution in [3.8, 4) is 0 Å². The second kappa shape index (κ2) is 10.5. The summed E-state index contributed by atoms with van der Waals surface area (Å²) in [6, 6.07) is 14.3. The van der Waals surface area contributed by atoms with Gasteiger partial charge in [0.05, 0.1) is 5.56 Å². The number of hydrogen-bond donors (Lipinski definition) is 2. The zero-order valence-electron chi connectivity index (χ0n) is 18.3. The zero-order chi connectivity index (χ0) is 24.9. The van der Waals surface area contributed by atoms with Crippen molar-refractivity contribution in [2.75, 3.05) is 10.6 Å². The Morgan fingerprint density at radius 2 is 1.56 bits per heavy atom. The second-order valence-corrected chi connectivity index (χ2v) is 8.12. The molecule has 0 saturated carbocycles. The van der Waals surface area contributed by atoms with Crippen molar-refractivity contribution in [2.45, 2.75) is 25.9 Å². The van der Waals surface area contributed by atoms with Crippen molar-refractivity contribution in [3.05, 3.63) is 94.3 Å². The summed E-state index contributed by atoms with van der Waals surface area (Å²) in [5.74, 6) is -1.34. The van der Waals surface area contributed by atoms with E-state index in [2.05, 4.69) is 15.6 Å². The number of amides is 2. The quantitative estimate of drug-likeness (QED) is 0.179. The molecule has 34 heavy (non-hydrogen) atoms. The molecule has 1 heterocycles. The summed E-state index contributed by atoms with van der Waals surface area (Å²) in [6.45, 7) is 4.07. The van der Waals surface area contributed by atoms with Crippen molar-refractivity contribution in [1.82, 2.24) is 4.98 Å². The van der Waals surface area contributed by atoms with E-state index in [9.17, 15) is 22.8 Å². The van der Waals surface area contributed by atoms with Gasteiger partial charge in [0, 0.05) is 17.6 Å². The van der Waals surface area contributed by atoms with E-state index in [1.54, 1.807) is 12.1 Å². The first-order valence-corrected chi connectivity index (χ1v) is 10.6. The van der Waals surface area contributed by atoms with Gasteiger partial charge in [-0.2, -0.15) is 13.2 Å². The van der Waals surface area contributed by atoms with E-state index < -0.39 is 23.6 Å². The van der Waals surface area contributed by atoms with Crippen LogP contribution >= 0.6 is 11.6 Å². The second-order valence-electron chi connectivity index (χ2n) is 7.73. The molecular weight excluding hydrogens is 467 g/mol. The van der Waals surface area contributed by atoms with Crippen molar-refractivity contribution >= 4 is 40.9 Å². The van der Waals surface area contributed by atoms with E-state index >= 15 is 0 Å². The van der Waals surface area contributed by atoms with Gasteiger partial charge in [-0.05, 0) is 53.5 Å². The summed E-state index contributed by atoms with van der Waals surface area (Å²) in [4.78, 5) is 29.8. The minimum absolute atomic E-state index is 0.0966. The van der Waals surface area contributed by atoms with Crippen LogP contribution in [0.2, 0.25) is 5.15 Å². The number of anilines is 2. The van der Waals surface area contributed by atoms with Crippen LogP contribution in [0.1, 0.15) is 36.5 Å². The van der Waals surface area contributed by atoms with E-state index in [0.29, 0.717) is 17.2 Å². The first-order chi connectivity index (χ1) is 16.0. The van der Waals surface area contributed by atoms with E-state index in [1.807, 2.05) is 26.0 Å². The molecule has 0 fully saturated rings. The number of hydrogen-bond acceptors (Lipinski definition) is 3. The van der Waals surface area contributed by atoms with E-state index in [1.165, 1.54) is 36.5 Å². The number of rotatable bonds is 6. The normalized spacial score (nSPS) is 11.9. The Bertz CT molecular complexity index is 1220. The fourth-order valence-corrected chi connectivity index (χ4v) is 3.20. The maximum atomic E-state index is 13.0. The third-order valence-corrected chi connectivity index (χ3v) is 5.04. The standard InChI is InChI=1S/C25H21ClF3N3O2/c1-15(2)17-8-6-16(7-9-17)12-21(24(34)32-20-10-11-30-22(26)14-20)23(33)31-19-5-3-4-18(13-19)25(27,28)29/h3-15H,1-2H3,(H,31,33)(H,30,32,34)/b21-12-. The Balaban J connectivity index is 1.93. The minimum atomic E-state index is -4.57. The fourth-order valence-electron chi connectivity index (χ4n) is 3.03. The summed E-state index contributed by atoms with van der Waals surface area (Å²) in [5, 5.41) is 5.08. The molecule has 2 N–H and O–H groups in total. The molecule has 0 aliphatic carbocycles. The molecule has 1 aromatic heterocycles. The average molecular weight is 488 g/mol. The number of carbonyl (C=O) groups excluding carboxylic acids is 2. The number of nitrogens with one attached hydrogen (secondary N) is 2. The van der Waals surface area contributed by atoms with Gasteiger partial charge in [-0.15, -0.1) is 0 Å². The summed E-state index contributed by atoms with van der Waals surface area (Å²) in [6.07, 6.45) is -1.82. The molecule has 0 unspecified atom stereocenters. The van der Waals surface area contributed by atoms with Crippen LogP contribution in [0.4, 0.5) is 24.5 Å².